The predicted octanol–water partition coefficient (Wildman–Crippen LogP) is 4.74. The van der Waals surface area contributed by atoms with Gasteiger partial charge in [0.15, 0.2) is 0 Å². The van der Waals surface area contributed by atoms with Crippen molar-refractivity contribution < 1.29 is 9.72 Å². The van der Waals surface area contributed by atoms with Gasteiger partial charge in [-0.05, 0) is 62.3 Å². The SMILES string of the molecule is CCN(CC)CCn1ccc2cc(NC(=O)c3ccc(N4CCCC4)c([N+](=O)[O-])c3)ccc21. The predicted molar refractivity (Wildman–Crippen MR) is 132 cm³/mol. The summed E-state index contributed by atoms with van der Waals surface area (Å²) in [7, 11) is 0. The van der Waals surface area contributed by atoms with Gasteiger partial charge in [-0.15, -0.1) is 0 Å². The van der Waals surface area contributed by atoms with Gasteiger partial charge in [-0.3, -0.25) is 14.9 Å². The number of likely N-dealkylation sites (N-methyl/N-ethyl adjacent to an activating group) is 1. The fourth-order valence-electron chi connectivity index (χ4n) is 4.50. The molecule has 0 bridgehead atoms. The van der Waals surface area contributed by atoms with Gasteiger partial charge in [-0.2, -0.15) is 0 Å². The van der Waals surface area contributed by atoms with Crippen molar-refractivity contribution in [1.82, 2.24) is 9.47 Å². The summed E-state index contributed by atoms with van der Waals surface area (Å²) in [5.41, 5.74) is 2.62. The molecule has 2 heterocycles. The highest BCUT2D eigenvalue weighted by molar-refractivity contribution is 6.06. The fraction of sp³-hybridized carbons (Fsp3) is 0.400. The summed E-state index contributed by atoms with van der Waals surface area (Å²) in [6, 6.07) is 12.6. The van der Waals surface area contributed by atoms with E-state index in [1.54, 1.807) is 12.1 Å². The minimum Gasteiger partial charge on any atom is -0.366 e. The molecular formula is C25H31N5O3. The standard InChI is InChI=1S/C25H31N5O3/c1-3-27(4-2)15-16-29-14-11-19-17-21(8-10-22(19)29)26-25(31)20-7-9-23(24(18-20)30(32)33)28-12-5-6-13-28/h7-11,14,17-18H,3-6,12-13,15-16H2,1-2H3,(H,26,31). The van der Waals surface area contributed by atoms with Crippen molar-refractivity contribution in [3.05, 3.63) is 64.3 Å². The third kappa shape index (κ3) is 5.01. The molecule has 1 aliphatic rings. The maximum absolute atomic E-state index is 12.8. The maximum Gasteiger partial charge on any atom is 0.293 e. The Morgan fingerprint density at radius 2 is 1.85 bits per heavy atom. The summed E-state index contributed by atoms with van der Waals surface area (Å²) in [5.74, 6) is -0.355. The Bertz CT molecular complexity index is 1150. The normalized spacial score (nSPS) is 13.7. The van der Waals surface area contributed by atoms with Crippen LogP contribution in [0.4, 0.5) is 17.1 Å². The molecule has 8 nitrogen and oxygen atoms in total. The number of carbonyl (C=O) groups excluding carboxylic acids is 1. The molecule has 1 saturated heterocycles. The van der Waals surface area contributed by atoms with Crippen molar-refractivity contribution in [3.63, 3.8) is 0 Å². The number of nitrogens with zero attached hydrogens (tertiary/aromatic N) is 4. The lowest BCUT2D eigenvalue weighted by molar-refractivity contribution is -0.384. The summed E-state index contributed by atoms with van der Waals surface area (Å²) in [6.07, 6.45) is 4.12. The Hall–Kier alpha value is -3.39. The van der Waals surface area contributed by atoms with Crippen molar-refractivity contribution in [2.24, 2.45) is 0 Å². The van der Waals surface area contributed by atoms with Crippen molar-refractivity contribution >= 4 is 33.9 Å². The second-order valence-corrected chi connectivity index (χ2v) is 8.42. The zero-order valence-corrected chi connectivity index (χ0v) is 19.3. The zero-order valence-electron chi connectivity index (χ0n) is 19.3. The van der Waals surface area contributed by atoms with Crippen LogP contribution in [0.15, 0.2) is 48.7 Å². The van der Waals surface area contributed by atoms with Crippen LogP contribution in [-0.2, 0) is 6.54 Å². The molecule has 0 saturated carbocycles. The minimum absolute atomic E-state index is 0.0229. The van der Waals surface area contributed by atoms with Crippen LogP contribution < -0.4 is 10.2 Å². The van der Waals surface area contributed by atoms with Crippen LogP contribution in [0.5, 0.6) is 0 Å². The fourth-order valence-corrected chi connectivity index (χ4v) is 4.50. The van der Waals surface area contributed by atoms with Crippen LogP contribution in [0.1, 0.15) is 37.0 Å². The average molecular weight is 450 g/mol. The molecule has 1 fully saturated rings. The molecule has 1 N–H and O–H groups in total. The first-order chi connectivity index (χ1) is 16.0. The number of carbonyl (C=O) groups is 1. The van der Waals surface area contributed by atoms with Crippen LogP contribution in [0.2, 0.25) is 0 Å². The van der Waals surface area contributed by atoms with Gasteiger partial charge < -0.3 is 19.7 Å². The summed E-state index contributed by atoms with van der Waals surface area (Å²) >= 11 is 0. The van der Waals surface area contributed by atoms with E-state index >= 15 is 0 Å². The molecule has 4 rings (SSSR count). The van der Waals surface area contributed by atoms with E-state index in [0.717, 1.165) is 63.0 Å². The topological polar surface area (TPSA) is 83.6 Å². The quantitative estimate of drug-likeness (QED) is 0.377. The first-order valence-electron chi connectivity index (χ1n) is 11.7. The van der Waals surface area contributed by atoms with Gasteiger partial charge in [0.05, 0.1) is 4.92 Å². The van der Waals surface area contributed by atoms with E-state index < -0.39 is 4.92 Å². The Labute approximate surface area is 193 Å². The van der Waals surface area contributed by atoms with Gasteiger partial charge >= 0.3 is 0 Å². The number of nitro groups is 1. The smallest absolute Gasteiger partial charge is 0.293 e. The largest absolute Gasteiger partial charge is 0.366 e. The molecule has 0 radical (unpaired) electrons. The molecule has 2 aromatic carbocycles. The van der Waals surface area contributed by atoms with Gasteiger partial charge in [-0.1, -0.05) is 13.8 Å². The van der Waals surface area contributed by atoms with Crippen LogP contribution in [0.3, 0.4) is 0 Å². The van der Waals surface area contributed by atoms with Gasteiger partial charge in [0, 0.05) is 60.6 Å². The Morgan fingerprint density at radius 3 is 2.55 bits per heavy atom. The number of fused-ring (bicyclic) bond motifs is 1. The molecule has 1 amide bonds. The minimum atomic E-state index is -0.405. The summed E-state index contributed by atoms with van der Waals surface area (Å²) in [4.78, 5) is 28.5. The van der Waals surface area contributed by atoms with Crippen molar-refractivity contribution in [2.75, 3.05) is 42.9 Å². The molecule has 3 aromatic rings. The number of benzene rings is 2. The maximum atomic E-state index is 12.8. The number of aromatic nitrogens is 1. The first-order valence-corrected chi connectivity index (χ1v) is 11.7. The molecule has 0 aliphatic carbocycles. The lowest BCUT2D eigenvalue weighted by Crippen LogP contribution is -2.26. The zero-order chi connectivity index (χ0) is 23.4. The van der Waals surface area contributed by atoms with E-state index in [2.05, 4.69) is 34.8 Å². The van der Waals surface area contributed by atoms with Gasteiger partial charge in [0.1, 0.15) is 5.69 Å². The number of hydrogen-bond acceptors (Lipinski definition) is 5. The highest BCUT2D eigenvalue weighted by Crippen LogP contribution is 2.32. The lowest BCUT2D eigenvalue weighted by atomic mass is 10.1. The summed E-state index contributed by atoms with van der Waals surface area (Å²) in [6.45, 7) is 9.90. The molecule has 1 aliphatic heterocycles. The number of nitrogens with one attached hydrogen (secondary N) is 1. The van der Waals surface area contributed by atoms with Crippen LogP contribution in [-0.4, -0.2) is 53.0 Å². The number of rotatable bonds is 9. The van der Waals surface area contributed by atoms with Crippen LogP contribution >= 0.6 is 0 Å². The van der Waals surface area contributed by atoms with E-state index in [1.807, 2.05) is 29.2 Å². The van der Waals surface area contributed by atoms with E-state index in [0.29, 0.717) is 11.4 Å². The molecule has 1 aromatic heterocycles. The number of anilines is 2. The van der Waals surface area contributed by atoms with Crippen molar-refractivity contribution in [3.8, 4) is 0 Å². The Kier molecular flexibility index (Phi) is 6.93. The van der Waals surface area contributed by atoms with E-state index in [4.69, 9.17) is 0 Å². The molecule has 0 atom stereocenters. The number of hydrogen-bond donors (Lipinski definition) is 1. The highest BCUT2D eigenvalue weighted by Gasteiger charge is 2.24. The highest BCUT2D eigenvalue weighted by atomic mass is 16.6. The Balaban J connectivity index is 1.49. The molecule has 8 heteroatoms. The molecule has 174 valence electrons. The lowest BCUT2D eigenvalue weighted by Gasteiger charge is -2.18. The van der Waals surface area contributed by atoms with Gasteiger partial charge in [0.25, 0.3) is 11.6 Å². The third-order valence-electron chi connectivity index (χ3n) is 6.46. The molecule has 0 spiro atoms. The molecule has 0 unspecified atom stereocenters. The van der Waals surface area contributed by atoms with Crippen LogP contribution in [0.25, 0.3) is 10.9 Å². The van der Waals surface area contributed by atoms with Gasteiger partial charge in [-0.25, -0.2) is 0 Å². The first kappa shape index (κ1) is 22.8. The van der Waals surface area contributed by atoms with E-state index in [-0.39, 0.29) is 17.2 Å². The third-order valence-corrected chi connectivity index (χ3v) is 6.46. The van der Waals surface area contributed by atoms with Crippen molar-refractivity contribution in [2.45, 2.75) is 33.2 Å². The second kappa shape index (κ2) is 10.0. The number of nitro benzene ring substituents is 1. The monoisotopic (exact) mass is 449 g/mol. The van der Waals surface area contributed by atoms with Crippen molar-refractivity contribution in [1.29, 1.82) is 0 Å². The summed E-state index contributed by atoms with van der Waals surface area (Å²) < 4.78 is 2.22. The van der Waals surface area contributed by atoms with E-state index in [1.165, 1.54) is 6.07 Å². The van der Waals surface area contributed by atoms with E-state index in [9.17, 15) is 14.9 Å². The number of amides is 1. The molecule has 33 heavy (non-hydrogen) atoms. The van der Waals surface area contributed by atoms with Crippen LogP contribution in [0, 0.1) is 10.1 Å². The second-order valence-electron chi connectivity index (χ2n) is 8.42. The average Bonchev–Trinajstić information content (AvgIpc) is 3.49. The van der Waals surface area contributed by atoms with Gasteiger partial charge in [0.2, 0.25) is 0 Å². The summed E-state index contributed by atoms with van der Waals surface area (Å²) in [5, 5.41) is 15.6. The Morgan fingerprint density at radius 1 is 1.09 bits per heavy atom. The molecular weight excluding hydrogens is 418 g/mol.